The van der Waals surface area contributed by atoms with Crippen LogP contribution >= 0.6 is 11.3 Å². The summed E-state index contributed by atoms with van der Waals surface area (Å²) in [5.74, 6) is 0. The van der Waals surface area contributed by atoms with Gasteiger partial charge in [-0.15, -0.1) is 11.3 Å². The van der Waals surface area contributed by atoms with E-state index in [0.29, 0.717) is 6.04 Å². The second-order valence-electron chi connectivity index (χ2n) is 4.29. The van der Waals surface area contributed by atoms with Gasteiger partial charge in [0.25, 0.3) is 0 Å². The molecule has 1 atom stereocenters. The fourth-order valence-corrected chi connectivity index (χ4v) is 2.97. The Morgan fingerprint density at radius 1 is 1.47 bits per heavy atom. The third kappa shape index (κ3) is 2.38. The summed E-state index contributed by atoms with van der Waals surface area (Å²) in [5, 5.41) is 3.47. The highest BCUT2D eigenvalue weighted by Crippen LogP contribution is 2.26. The molecule has 0 amide bonds. The first-order valence-electron chi connectivity index (χ1n) is 5.53. The summed E-state index contributed by atoms with van der Waals surface area (Å²) in [6, 6.07) is 0.494. The lowest BCUT2D eigenvalue weighted by Crippen LogP contribution is -2.44. The molecule has 2 heterocycles. The largest absolute Gasteiger partial charge is 0.303 e. The van der Waals surface area contributed by atoms with Crippen LogP contribution in [0, 0.1) is 0 Å². The van der Waals surface area contributed by atoms with Crippen molar-refractivity contribution in [2.45, 2.75) is 19.4 Å². The lowest BCUT2D eigenvalue weighted by atomic mass is 10.2. The van der Waals surface area contributed by atoms with E-state index >= 15 is 0 Å². The molecule has 0 aromatic carbocycles. The molecule has 2 rings (SSSR count). The fourth-order valence-electron chi connectivity index (χ4n) is 1.91. The minimum absolute atomic E-state index is 0.494. The van der Waals surface area contributed by atoms with Crippen molar-refractivity contribution in [1.29, 1.82) is 0 Å². The molecule has 1 fully saturated rings. The topological polar surface area (TPSA) is 19.4 Å². The zero-order valence-electron chi connectivity index (χ0n) is 9.73. The van der Waals surface area contributed by atoms with E-state index in [1.807, 2.05) is 0 Å². The van der Waals surface area contributed by atoms with Crippen molar-refractivity contribution < 1.29 is 0 Å². The molecular formula is C11H19N3S. The normalized spacial score (nSPS) is 24.6. The van der Waals surface area contributed by atoms with E-state index in [0.717, 1.165) is 19.5 Å². The molecular weight excluding hydrogens is 206 g/mol. The van der Waals surface area contributed by atoms with Crippen LogP contribution in [0.5, 0.6) is 0 Å². The second kappa shape index (κ2) is 4.60. The van der Waals surface area contributed by atoms with Crippen molar-refractivity contribution in [3.05, 3.63) is 16.1 Å². The van der Waals surface area contributed by atoms with Crippen LogP contribution < -0.4 is 0 Å². The molecule has 1 unspecified atom stereocenters. The van der Waals surface area contributed by atoms with Crippen LogP contribution in [0.25, 0.3) is 0 Å². The standard InChI is InChI=1S/C11H19N3S/c1-4-9-8-15-11(12-9)10-7-13(2)5-6-14(10)3/h8,10H,4-7H2,1-3H3. The Kier molecular flexibility index (Phi) is 3.38. The number of hydrogen-bond donors (Lipinski definition) is 0. The molecule has 0 N–H and O–H groups in total. The van der Waals surface area contributed by atoms with E-state index in [9.17, 15) is 0 Å². The maximum Gasteiger partial charge on any atom is 0.111 e. The van der Waals surface area contributed by atoms with Crippen molar-refractivity contribution in [3.63, 3.8) is 0 Å². The molecule has 3 nitrogen and oxygen atoms in total. The van der Waals surface area contributed by atoms with E-state index in [-0.39, 0.29) is 0 Å². The zero-order valence-corrected chi connectivity index (χ0v) is 10.5. The summed E-state index contributed by atoms with van der Waals surface area (Å²) in [7, 11) is 4.39. The first-order valence-corrected chi connectivity index (χ1v) is 6.41. The van der Waals surface area contributed by atoms with Gasteiger partial charge in [-0.05, 0) is 20.5 Å². The molecule has 4 heteroatoms. The van der Waals surface area contributed by atoms with Crippen LogP contribution in [-0.2, 0) is 6.42 Å². The molecule has 0 bridgehead atoms. The highest BCUT2D eigenvalue weighted by molar-refractivity contribution is 7.09. The summed E-state index contributed by atoms with van der Waals surface area (Å²) >= 11 is 1.81. The number of thiazole rings is 1. The van der Waals surface area contributed by atoms with Crippen LogP contribution in [0.2, 0.25) is 0 Å². The second-order valence-corrected chi connectivity index (χ2v) is 5.18. The van der Waals surface area contributed by atoms with Crippen molar-refractivity contribution >= 4 is 11.3 Å². The molecule has 1 aromatic heterocycles. The van der Waals surface area contributed by atoms with E-state index in [1.54, 1.807) is 11.3 Å². The first kappa shape index (κ1) is 11.0. The lowest BCUT2D eigenvalue weighted by molar-refractivity contribution is 0.115. The Bertz CT molecular complexity index is 323. The molecule has 0 spiro atoms. The van der Waals surface area contributed by atoms with Crippen LogP contribution in [0.1, 0.15) is 23.7 Å². The monoisotopic (exact) mass is 225 g/mol. The highest BCUT2D eigenvalue weighted by atomic mass is 32.1. The minimum atomic E-state index is 0.494. The third-order valence-electron chi connectivity index (χ3n) is 3.07. The molecule has 15 heavy (non-hydrogen) atoms. The average molecular weight is 225 g/mol. The minimum Gasteiger partial charge on any atom is -0.303 e. The molecule has 84 valence electrons. The molecule has 0 saturated carbocycles. The Balaban J connectivity index is 2.13. The quantitative estimate of drug-likeness (QED) is 0.762. The maximum atomic E-state index is 4.69. The third-order valence-corrected chi connectivity index (χ3v) is 4.06. The zero-order chi connectivity index (χ0) is 10.8. The first-order chi connectivity index (χ1) is 7.20. The van der Waals surface area contributed by atoms with Gasteiger partial charge in [0.05, 0.1) is 11.7 Å². The molecule has 0 aliphatic carbocycles. The number of aryl methyl sites for hydroxylation is 1. The Morgan fingerprint density at radius 3 is 2.93 bits per heavy atom. The Hall–Kier alpha value is -0.450. The Labute approximate surface area is 95.7 Å². The summed E-state index contributed by atoms with van der Waals surface area (Å²) in [4.78, 5) is 9.49. The SMILES string of the molecule is CCc1csc(C2CN(C)CCN2C)n1. The van der Waals surface area contributed by atoms with Gasteiger partial charge in [-0.25, -0.2) is 4.98 Å². The molecule has 1 aromatic rings. The molecule has 1 aliphatic heterocycles. The number of nitrogens with zero attached hydrogens (tertiary/aromatic N) is 3. The number of piperazine rings is 1. The van der Waals surface area contributed by atoms with Gasteiger partial charge in [0, 0.05) is 25.0 Å². The van der Waals surface area contributed by atoms with Crippen molar-refractivity contribution in [1.82, 2.24) is 14.8 Å². The molecule has 1 aliphatic rings. The number of rotatable bonds is 2. The number of aromatic nitrogens is 1. The van der Waals surface area contributed by atoms with Crippen LogP contribution in [-0.4, -0.2) is 48.5 Å². The summed E-state index contributed by atoms with van der Waals surface area (Å²) in [6.45, 7) is 5.57. The van der Waals surface area contributed by atoms with Crippen LogP contribution in [0.15, 0.2) is 5.38 Å². The fraction of sp³-hybridized carbons (Fsp3) is 0.727. The van der Waals surface area contributed by atoms with Gasteiger partial charge >= 0.3 is 0 Å². The molecule has 0 radical (unpaired) electrons. The smallest absolute Gasteiger partial charge is 0.111 e. The van der Waals surface area contributed by atoms with Gasteiger partial charge in [0.15, 0.2) is 0 Å². The summed E-state index contributed by atoms with van der Waals surface area (Å²) < 4.78 is 0. The van der Waals surface area contributed by atoms with Gasteiger partial charge in [-0.3, -0.25) is 4.90 Å². The van der Waals surface area contributed by atoms with Crippen molar-refractivity contribution in [2.24, 2.45) is 0 Å². The maximum absolute atomic E-state index is 4.69. The Morgan fingerprint density at radius 2 is 2.27 bits per heavy atom. The van der Waals surface area contributed by atoms with Gasteiger partial charge < -0.3 is 4.90 Å². The predicted octanol–water partition coefficient (Wildman–Crippen LogP) is 1.62. The predicted molar refractivity (Wildman–Crippen MR) is 64.4 cm³/mol. The molecule has 1 saturated heterocycles. The van der Waals surface area contributed by atoms with Gasteiger partial charge in [-0.2, -0.15) is 0 Å². The lowest BCUT2D eigenvalue weighted by Gasteiger charge is -2.36. The number of likely N-dealkylation sites (N-methyl/N-ethyl adjacent to an activating group) is 2. The highest BCUT2D eigenvalue weighted by Gasteiger charge is 2.25. The van der Waals surface area contributed by atoms with Crippen molar-refractivity contribution in [3.8, 4) is 0 Å². The van der Waals surface area contributed by atoms with Gasteiger partial charge in [0.1, 0.15) is 5.01 Å². The summed E-state index contributed by atoms with van der Waals surface area (Å²) in [6.07, 6.45) is 1.04. The van der Waals surface area contributed by atoms with Crippen LogP contribution in [0.4, 0.5) is 0 Å². The van der Waals surface area contributed by atoms with Gasteiger partial charge in [-0.1, -0.05) is 6.92 Å². The van der Waals surface area contributed by atoms with Crippen LogP contribution in [0.3, 0.4) is 0 Å². The summed E-state index contributed by atoms with van der Waals surface area (Å²) in [5.41, 5.74) is 1.23. The average Bonchev–Trinajstić information content (AvgIpc) is 2.70. The number of hydrogen-bond acceptors (Lipinski definition) is 4. The van der Waals surface area contributed by atoms with Gasteiger partial charge in [0.2, 0.25) is 0 Å². The van der Waals surface area contributed by atoms with E-state index in [4.69, 9.17) is 0 Å². The van der Waals surface area contributed by atoms with Crippen molar-refractivity contribution in [2.75, 3.05) is 33.7 Å². The van der Waals surface area contributed by atoms with E-state index in [1.165, 1.54) is 17.2 Å². The van der Waals surface area contributed by atoms with E-state index < -0.39 is 0 Å². The van der Waals surface area contributed by atoms with E-state index in [2.05, 4.69) is 41.2 Å².